The Hall–Kier alpha value is -3.48. The van der Waals surface area contributed by atoms with Crippen LogP contribution in [0.4, 0.5) is 4.79 Å². The van der Waals surface area contributed by atoms with E-state index in [0.29, 0.717) is 11.5 Å². The molecule has 2 aromatic carbocycles. The summed E-state index contributed by atoms with van der Waals surface area (Å²) >= 11 is 0. The van der Waals surface area contributed by atoms with E-state index >= 15 is 0 Å². The smallest absolute Gasteiger partial charge is 0.407 e. The van der Waals surface area contributed by atoms with Gasteiger partial charge in [-0.2, -0.15) is 0 Å². The van der Waals surface area contributed by atoms with Crippen LogP contribution in [0.15, 0.2) is 60.7 Å². The summed E-state index contributed by atoms with van der Waals surface area (Å²) in [6.07, 6.45) is 3.25. The van der Waals surface area contributed by atoms with E-state index in [4.69, 9.17) is 18.9 Å². The van der Waals surface area contributed by atoms with Crippen LogP contribution in [0.3, 0.4) is 0 Å². The molecule has 1 aliphatic carbocycles. The van der Waals surface area contributed by atoms with Crippen LogP contribution in [0.5, 0.6) is 11.5 Å². The summed E-state index contributed by atoms with van der Waals surface area (Å²) < 4.78 is 21.7. The van der Waals surface area contributed by atoms with Gasteiger partial charge in [0.25, 0.3) is 0 Å². The molecule has 3 aliphatic rings. The zero-order valence-corrected chi connectivity index (χ0v) is 16.2. The summed E-state index contributed by atoms with van der Waals surface area (Å²) in [5.74, 6) is 0.793. The Bertz CT molecular complexity index is 988. The zero-order chi connectivity index (χ0) is 20.5. The lowest BCUT2D eigenvalue weighted by Gasteiger charge is -2.35. The number of hydrogen-bond donors (Lipinski definition) is 1. The van der Waals surface area contributed by atoms with Gasteiger partial charge in [0, 0.05) is 17.9 Å². The minimum Gasteiger partial charge on any atom is -0.458 e. The van der Waals surface area contributed by atoms with E-state index in [-0.39, 0.29) is 49.8 Å². The van der Waals surface area contributed by atoms with Crippen LogP contribution < -0.4 is 14.8 Å². The highest BCUT2D eigenvalue weighted by atomic mass is 16.7. The quantitative estimate of drug-likeness (QED) is 0.619. The van der Waals surface area contributed by atoms with Crippen molar-refractivity contribution in [2.75, 3.05) is 6.79 Å². The second-order valence-electron chi connectivity index (χ2n) is 7.58. The average Bonchev–Trinajstić information content (AvgIpc) is 3.38. The molecule has 1 amide bonds. The fraction of sp³-hybridized carbons (Fsp3) is 0.304. The third kappa shape index (κ3) is 3.58. The van der Waals surface area contributed by atoms with Crippen LogP contribution in [-0.4, -0.2) is 31.0 Å². The van der Waals surface area contributed by atoms with E-state index < -0.39 is 6.09 Å². The van der Waals surface area contributed by atoms with E-state index in [1.807, 2.05) is 60.7 Å². The normalized spacial score (nSPS) is 26.1. The van der Waals surface area contributed by atoms with Gasteiger partial charge >= 0.3 is 12.1 Å². The molecule has 7 heteroatoms. The number of rotatable bonds is 4. The third-order valence-electron chi connectivity index (χ3n) is 5.73. The van der Waals surface area contributed by atoms with Gasteiger partial charge in [-0.3, -0.25) is 4.79 Å². The fourth-order valence-electron chi connectivity index (χ4n) is 4.26. The number of fused-ring (bicyclic) bond motifs is 2. The van der Waals surface area contributed by atoms with E-state index in [1.54, 1.807) is 0 Å². The molecular weight excluding hydrogens is 386 g/mol. The van der Waals surface area contributed by atoms with E-state index in [2.05, 4.69) is 5.32 Å². The molecular formula is C23H21NO6. The molecule has 30 heavy (non-hydrogen) atoms. The Kier molecular flexibility index (Phi) is 4.78. The van der Waals surface area contributed by atoms with E-state index in [1.165, 1.54) is 0 Å². The highest BCUT2D eigenvalue weighted by Crippen LogP contribution is 2.41. The summed E-state index contributed by atoms with van der Waals surface area (Å²) in [5.41, 5.74) is 1.86. The van der Waals surface area contributed by atoms with Gasteiger partial charge < -0.3 is 24.3 Å². The van der Waals surface area contributed by atoms with Crippen LogP contribution in [0.25, 0.3) is 0 Å². The molecule has 1 saturated heterocycles. The van der Waals surface area contributed by atoms with Crippen molar-refractivity contribution in [3.05, 3.63) is 71.8 Å². The minimum absolute atomic E-state index is 0.153. The molecule has 5 rings (SSSR count). The summed E-state index contributed by atoms with van der Waals surface area (Å²) in [7, 11) is 0. The molecule has 0 saturated carbocycles. The first-order valence-corrected chi connectivity index (χ1v) is 9.92. The van der Waals surface area contributed by atoms with Gasteiger partial charge in [0.15, 0.2) is 11.5 Å². The van der Waals surface area contributed by atoms with E-state index in [0.717, 1.165) is 11.1 Å². The van der Waals surface area contributed by atoms with Crippen LogP contribution in [-0.2, 0) is 20.9 Å². The van der Waals surface area contributed by atoms with Gasteiger partial charge in [0.2, 0.25) is 6.79 Å². The number of esters is 1. The van der Waals surface area contributed by atoms with Crippen LogP contribution in [0.2, 0.25) is 0 Å². The molecule has 7 nitrogen and oxygen atoms in total. The first-order chi connectivity index (χ1) is 14.7. The number of ether oxygens (including phenoxy) is 4. The molecule has 2 aromatic rings. The Balaban J connectivity index is 1.36. The lowest BCUT2D eigenvalue weighted by atomic mass is 9.76. The maximum Gasteiger partial charge on any atom is 0.407 e. The van der Waals surface area contributed by atoms with Crippen LogP contribution >= 0.6 is 0 Å². The number of amides is 1. The first-order valence-electron chi connectivity index (χ1n) is 9.92. The molecule has 2 aliphatic heterocycles. The molecule has 154 valence electrons. The zero-order valence-electron chi connectivity index (χ0n) is 16.2. The van der Waals surface area contributed by atoms with Crippen molar-refractivity contribution in [1.82, 2.24) is 5.32 Å². The highest BCUT2D eigenvalue weighted by Gasteiger charge is 2.45. The second kappa shape index (κ2) is 7.74. The number of nitrogens with one attached hydrogen (secondary N) is 1. The second-order valence-corrected chi connectivity index (χ2v) is 7.58. The minimum atomic E-state index is -0.525. The standard InChI is InChI=1S/C23H21NO6/c25-21-11-17-18(30-21)9-7-16(15-6-8-19-20(10-15)29-13-28-19)22(17)24-23(26)27-12-14-4-2-1-3-5-14/h1-10,16-18,22H,11-13H2,(H,24,26)/t16-,17+,18+,22-/m0/s1. The summed E-state index contributed by atoms with van der Waals surface area (Å²) in [6.45, 7) is 0.368. The number of benzene rings is 2. The van der Waals surface area contributed by atoms with Crippen molar-refractivity contribution in [3.63, 3.8) is 0 Å². The van der Waals surface area contributed by atoms with Gasteiger partial charge in [0.05, 0.1) is 6.42 Å². The number of carbonyl (C=O) groups excluding carboxylic acids is 2. The number of alkyl carbamates (subject to hydrolysis) is 1. The van der Waals surface area contributed by atoms with Crippen molar-refractivity contribution in [2.45, 2.75) is 31.1 Å². The Morgan fingerprint density at radius 1 is 1.07 bits per heavy atom. The van der Waals surface area contributed by atoms with Crippen molar-refractivity contribution in [2.24, 2.45) is 5.92 Å². The van der Waals surface area contributed by atoms with Gasteiger partial charge in [-0.15, -0.1) is 0 Å². The lowest BCUT2D eigenvalue weighted by molar-refractivity contribution is -0.140. The SMILES string of the molecule is O=C1C[C@H]2[C@@H](NC(=O)OCc3ccccc3)[C@H](c3ccc4c(c3)OCO4)C=C[C@H]2O1. The topological polar surface area (TPSA) is 83.1 Å². The Morgan fingerprint density at radius 2 is 1.90 bits per heavy atom. The third-order valence-corrected chi connectivity index (χ3v) is 5.73. The van der Waals surface area contributed by atoms with E-state index in [9.17, 15) is 9.59 Å². The average molecular weight is 407 g/mol. The molecule has 4 atom stereocenters. The van der Waals surface area contributed by atoms with Gasteiger partial charge in [0.1, 0.15) is 12.7 Å². The highest BCUT2D eigenvalue weighted by molar-refractivity contribution is 5.74. The van der Waals surface area contributed by atoms with Crippen molar-refractivity contribution in [3.8, 4) is 11.5 Å². The molecule has 2 heterocycles. The largest absolute Gasteiger partial charge is 0.458 e. The maximum atomic E-state index is 12.6. The molecule has 0 bridgehead atoms. The molecule has 0 aromatic heterocycles. The van der Waals surface area contributed by atoms with Crippen LogP contribution in [0.1, 0.15) is 23.5 Å². The Labute approximate surface area is 173 Å². The molecule has 0 spiro atoms. The van der Waals surface area contributed by atoms with Crippen molar-refractivity contribution < 1.29 is 28.5 Å². The maximum absolute atomic E-state index is 12.6. The lowest BCUT2D eigenvalue weighted by Crippen LogP contribution is -2.48. The summed E-state index contributed by atoms with van der Waals surface area (Å²) in [5, 5.41) is 2.98. The van der Waals surface area contributed by atoms with Crippen molar-refractivity contribution in [1.29, 1.82) is 0 Å². The fourth-order valence-corrected chi connectivity index (χ4v) is 4.26. The predicted octanol–water partition coefficient (Wildman–Crippen LogP) is 3.30. The van der Waals surface area contributed by atoms with Gasteiger partial charge in [-0.1, -0.05) is 42.5 Å². The van der Waals surface area contributed by atoms with Crippen molar-refractivity contribution >= 4 is 12.1 Å². The molecule has 0 unspecified atom stereocenters. The summed E-state index contributed by atoms with van der Waals surface area (Å²) in [6, 6.07) is 14.9. The van der Waals surface area contributed by atoms with Gasteiger partial charge in [-0.05, 0) is 29.3 Å². The first kappa shape index (κ1) is 18.5. The Morgan fingerprint density at radius 3 is 2.77 bits per heavy atom. The number of carbonyl (C=O) groups is 2. The monoisotopic (exact) mass is 407 g/mol. The number of hydrogen-bond acceptors (Lipinski definition) is 6. The molecule has 0 radical (unpaired) electrons. The summed E-state index contributed by atoms with van der Waals surface area (Å²) in [4.78, 5) is 24.5. The van der Waals surface area contributed by atoms with Crippen LogP contribution in [0, 0.1) is 5.92 Å². The predicted molar refractivity (Wildman–Crippen MR) is 106 cm³/mol. The van der Waals surface area contributed by atoms with Gasteiger partial charge in [-0.25, -0.2) is 4.79 Å². The molecule has 1 fully saturated rings. The molecule has 1 N–H and O–H groups in total.